The van der Waals surface area contributed by atoms with Crippen LogP contribution in [0.1, 0.15) is 12.0 Å². The summed E-state index contributed by atoms with van der Waals surface area (Å²) in [7, 11) is -2.65. The highest BCUT2D eigenvalue weighted by Gasteiger charge is 2.23. The van der Waals surface area contributed by atoms with E-state index in [2.05, 4.69) is 15.0 Å². The van der Waals surface area contributed by atoms with E-state index in [1.165, 1.54) is 7.11 Å². The van der Waals surface area contributed by atoms with Crippen LogP contribution in [0.15, 0.2) is 59.6 Å². The number of benzene rings is 2. The van der Waals surface area contributed by atoms with Gasteiger partial charge in [-0.05, 0) is 35.9 Å². The van der Waals surface area contributed by atoms with Crippen molar-refractivity contribution >= 4 is 32.8 Å². The van der Waals surface area contributed by atoms with Gasteiger partial charge in [-0.3, -0.25) is 4.79 Å². The second kappa shape index (κ2) is 9.71. The van der Waals surface area contributed by atoms with Gasteiger partial charge in [0.05, 0.1) is 12.0 Å². The van der Waals surface area contributed by atoms with Crippen molar-refractivity contribution in [3.05, 3.63) is 66.1 Å². The normalized spacial score (nSPS) is 12.5. The summed E-state index contributed by atoms with van der Waals surface area (Å²) in [6.07, 6.45) is 1.79. The molecule has 1 atom stereocenters. The molecule has 0 aliphatic rings. The van der Waals surface area contributed by atoms with Gasteiger partial charge in [0.25, 0.3) is 0 Å². The van der Waals surface area contributed by atoms with E-state index in [1.807, 2.05) is 24.3 Å². The summed E-state index contributed by atoms with van der Waals surface area (Å²) in [5.74, 6) is -1.68. The first kappa shape index (κ1) is 22.4. The molecule has 1 amide bonds. The summed E-state index contributed by atoms with van der Waals surface area (Å²) in [5.41, 5.74) is 1.74. The zero-order valence-electron chi connectivity index (χ0n) is 16.7. The van der Waals surface area contributed by atoms with Crippen LogP contribution in [0.2, 0.25) is 0 Å². The van der Waals surface area contributed by atoms with Crippen LogP contribution in [0, 0.1) is 5.82 Å². The number of rotatable bonds is 9. The molecular weight excluding hydrogens is 425 g/mol. The molecule has 0 spiro atoms. The molecule has 0 saturated carbocycles. The van der Waals surface area contributed by atoms with E-state index in [4.69, 9.17) is 4.74 Å². The Kier molecular flexibility index (Phi) is 7.03. The van der Waals surface area contributed by atoms with Crippen LogP contribution in [0.4, 0.5) is 4.39 Å². The maximum absolute atomic E-state index is 13.0. The average Bonchev–Trinajstić information content (AvgIpc) is 3.16. The predicted octanol–water partition coefficient (Wildman–Crippen LogP) is 1.88. The summed E-state index contributed by atoms with van der Waals surface area (Å²) >= 11 is 0. The van der Waals surface area contributed by atoms with Gasteiger partial charge in [0.1, 0.15) is 11.9 Å². The van der Waals surface area contributed by atoms with Gasteiger partial charge in [-0.1, -0.05) is 18.2 Å². The molecule has 3 rings (SSSR count). The summed E-state index contributed by atoms with van der Waals surface area (Å²) in [5, 5.41) is 3.52. The number of nitrogens with one attached hydrogen (secondary N) is 3. The Labute approximate surface area is 178 Å². The van der Waals surface area contributed by atoms with Gasteiger partial charge in [-0.15, -0.1) is 0 Å². The van der Waals surface area contributed by atoms with Crippen molar-refractivity contribution in [3.8, 4) is 0 Å². The van der Waals surface area contributed by atoms with Gasteiger partial charge in [-0.2, -0.15) is 0 Å². The number of amides is 1. The molecule has 1 heterocycles. The van der Waals surface area contributed by atoms with Crippen molar-refractivity contribution in [2.24, 2.45) is 0 Å². The third-order valence-corrected chi connectivity index (χ3v) is 6.16. The second-order valence-corrected chi connectivity index (χ2v) is 8.58. The summed E-state index contributed by atoms with van der Waals surface area (Å²) in [6, 6.07) is 11.0. The molecule has 3 N–H and O–H groups in total. The number of aromatic amines is 1. The molecule has 0 aliphatic carbocycles. The molecule has 0 fully saturated rings. The molecule has 164 valence electrons. The molecular formula is C21H22FN3O5S. The molecule has 0 unspecified atom stereocenters. The van der Waals surface area contributed by atoms with Crippen LogP contribution in [0.25, 0.3) is 10.9 Å². The third-order valence-electron chi connectivity index (χ3n) is 4.69. The van der Waals surface area contributed by atoms with Crippen LogP contribution in [-0.2, 0) is 30.8 Å². The van der Waals surface area contributed by atoms with Crippen LogP contribution in [-0.4, -0.2) is 45.0 Å². The molecule has 2 aromatic carbocycles. The predicted molar refractivity (Wildman–Crippen MR) is 112 cm³/mol. The highest BCUT2D eigenvalue weighted by molar-refractivity contribution is 7.89. The average molecular weight is 447 g/mol. The summed E-state index contributed by atoms with van der Waals surface area (Å²) < 4.78 is 44.4. The quantitative estimate of drug-likeness (QED) is 0.433. The van der Waals surface area contributed by atoms with E-state index in [1.54, 1.807) is 6.20 Å². The molecule has 31 heavy (non-hydrogen) atoms. The highest BCUT2D eigenvalue weighted by Crippen LogP contribution is 2.19. The number of aromatic nitrogens is 1. The lowest BCUT2D eigenvalue weighted by Crippen LogP contribution is -2.44. The minimum atomic E-state index is -3.88. The Morgan fingerprint density at radius 2 is 1.84 bits per heavy atom. The number of H-pyrrole nitrogens is 1. The van der Waals surface area contributed by atoms with E-state index in [0.29, 0.717) is 0 Å². The minimum absolute atomic E-state index is 0.110. The number of carbonyl (C=O) groups excluding carboxylic acids is 2. The standard InChI is InChI=1S/C21H22FN3O5S/c1-30-21(27)19(12-14-13-23-18-5-3-2-4-17(14)18)25-20(26)10-11-24-31(28,29)16-8-6-15(22)7-9-16/h2-9,13,19,23-24H,10-12H2,1H3,(H,25,26)/t19-/m1/s1. The largest absolute Gasteiger partial charge is 0.467 e. The van der Waals surface area contributed by atoms with Crippen molar-refractivity contribution in [2.75, 3.05) is 13.7 Å². The van der Waals surface area contributed by atoms with Crippen LogP contribution >= 0.6 is 0 Å². The number of hydrogen-bond donors (Lipinski definition) is 3. The first-order valence-corrected chi connectivity index (χ1v) is 11.0. The number of methoxy groups -OCH3 is 1. The number of hydrogen-bond acceptors (Lipinski definition) is 5. The van der Waals surface area contributed by atoms with E-state index in [9.17, 15) is 22.4 Å². The molecule has 8 nitrogen and oxygen atoms in total. The van der Waals surface area contributed by atoms with Crippen LogP contribution < -0.4 is 10.0 Å². The van der Waals surface area contributed by atoms with Crippen molar-refractivity contribution in [2.45, 2.75) is 23.8 Å². The monoisotopic (exact) mass is 447 g/mol. The maximum atomic E-state index is 13.0. The molecule has 0 aliphatic heterocycles. The summed E-state index contributed by atoms with van der Waals surface area (Å²) in [4.78, 5) is 27.5. The second-order valence-electron chi connectivity index (χ2n) is 6.81. The zero-order valence-corrected chi connectivity index (χ0v) is 17.5. The van der Waals surface area contributed by atoms with Gasteiger partial charge >= 0.3 is 5.97 Å². The fourth-order valence-corrected chi connectivity index (χ4v) is 4.15. The summed E-state index contributed by atoms with van der Waals surface area (Å²) in [6.45, 7) is -0.188. The van der Waals surface area contributed by atoms with Gasteiger partial charge < -0.3 is 15.0 Å². The number of halogens is 1. The Morgan fingerprint density at radius 3 is 2.55 bits per heavy atom. The highest BCUT2D eigenvalue weighted by atomic mass is 32.2. The van der Waals surface area contributed by atoms with Crippen molar-refractivity contribution < 1.29 is 27.1 Å². The van der Waals surface area contributed by atoms with Gasteiger partial charge in [-0.25, -0.2) is 22.3 Å². The number of sulfonamides is 1. The molecule has 0 saturated heterocycles. The third kappa shape index (κ3) is 5.68. The molecule has 0 radical (unpaired) electrons. The first-order valence-electron chi connectivity index (χ1n) is 9.47. The van der Waals surface area contributed by atoms with E-state index < -0.39 is 33.8 Å². The van der Waals surface area contributed by atoms with Crippen LogP contribution in [0.5, 0.6) is 0 Å². The minimum Gasteiger partial charge on any atom is -0.467 e. The zero-order chi connectivity index (χ0) is 22.4. The van der Waals surface area contributed by atoms with Gasteiger partial charge in [0.15, 0.2) is 0 Å². The molecule has 10 heteroatoms. The van der Waals surface area contributed by atoms with Crippen molar-refractivity contribution in [1.82, 2.24) is 15.0 Å². The van der Waals surface area contributed by atoms with Crippen LogP contribution in [0.3, 0.4) is 0 Å². The lowest BCUT2D eigenvalue weighted by atomic mass is 10.0. The van der Waals surface area contributed by atoms with E-state index in [-0.39, 0.29) is 24.3 Å². The number of esters is 1. The Bertz CT molecular complexity index is 1180. The maximum Gasteiger partial charge on any atom is 0.328 e. The Hall–Kier alpha value is -3.24. The topological polar surface area (TPSA) is 117 Å². The van der Waals surface area contributed by atoms with Gasteiger partial charge in [0, 0.05) is 36.5 Å². The van der Waals surface area contributed by atoms with Crippen molar-refractivity contribution in [3.63, 3.8) is 0 Å². The lowest BCUT2D eigenvalue weighted by Gasteiger charge is -2.16. The van der Waals surface area contributed by atoms with E-state index in [0.717, 1.165) is 40.7 Å². The fraction of sp³-hybridized carbons (Fsp3) is 0.238. The Balaban J connectivity index is 1.59. The van der Waals surface area contributed by atoms with Crippen molar-refractivity contribution in [1.29, 1.82) is 0 Å². The molecule has 1 aromatic heterocycles. The lowest BCUT2D eigenvalue weighted by molar-refractivity contribution is -0.145. The SMILES string of the molecule is COC(=O)[C@@H](Cc1c[nH]c2ccccc12)NC(=O)CCNS(=O)(=O)c1ccc(F)cc1. The fourth-order valence-electron chi connectivity index (χ4n) is 3.12. The van der Waals surface area contributed by atoms with Gasteiger partial charge in [0.2, 0.25) is 15.9 Å². The number of fused-ring (bicyclic) bond motifs is 1. The number of carbonyl (C=O) groups is 2. The Morgan fingerprint density at radius 1 is 1.13 bits per heavy atom. The number of ether oxygens (including phenoxy) is 1. The molecule has 0 bridgehead atoms. The smallest absolute Gasteiger partial charge is 0.328 e. The number of para-hydroxylation sites is 1. The van der Waals surface area contributed by atoms with E-state index >= 15 is 0 Å². The first-order chi connectivity index (χ1) is 14.8. The molecule has 3 aromatic rings.